The lowest BCUT2D eigenvalue weighted by Crippen LogP contribution is -2.50. The fourth-order valence-corrected chi connectivity index (χ4v) is 2.56. The van der Waals surface area contributed by atoms with Crippen LogP contribution in [0.2, 0.25) is 0 Å². The standard InChI is InChI=1S/C13H17N5O5/c1-2-22-13(21)6-3-23-12(9(20)8(6)19)18-5-17-7-10(14)15-4-16-11(7)18/h4-6,8-9,12,19-20H,2-3H2,1H3,(H2,14,15,16)/t6-,8?,9?,12?/m0/s1. The van der Waals surface area contributed by atoms with E-state index in [0.29, 0.717) is 11.2 Å². The maximum atomic E-state index is 11.8. The molecule has 10 heteroatoms. The van der Waals surface area contributed by atoms with Crippen molar-refractivity contribution in [2.75, 3.05) is 18.9 Å². The Labute approximate surface area is 130 Å². The predicted molar refractivity (Wildman–Crippen MR) is 76.9 cm³/mol. The van der Waals surface area contributed by atoms with Crippen molar-refractivity contribution < 1.29 is 24.5 Å². The highest BCUT2D eigenvalue weighted by Gasteiger charge is 2.44. The Kier molecular flexibility index (Phi) is 4.11. The van der Waals surface area contributed by atoms with Crippen molar-refractivity contribution in [3.63, 3.8) is 0 Å². The molecule has 2 aromatic rings. The number of nitrogen functional groups attached to an aromatic ring is 1. The molecule has 0 bridgehead atoms. The molecule has 0 aliphatic carbocycles. The van der Waals surface area contributed by atoms with Crippen molar-refractivity contribution in [1.29, 1.82) is 0 Å². The minimum Gasteiger partial charge on any atom is -0.466 e. The van der Waals surface area contributed by atoms with Gasteiger partial charge in [0.15, 0.2) is 17.7 Å². The number of aromatic nitrogens is 4. The highest BCUT2D eigenvalue weighted by Crippen LogP contribution is 2.30. The lowest BCUT2D eigenvalue weighted by molar-refractivity contribution is -0.204. The van der Waals surface area contributed by atoms with Crippen molar-refractivity contribution in [3.05, 3.63) is 12.7 Å². The second kappa shape index (κ2) is 6.07. The molecule has 1 aliphatic heterocycles. The van der Waals surface area contributed by atoms with Gasteiger partial charge in [0.05, 0.1) is 25.6 Å². The van der Waals surface area contributed by atoms with E-state index >= 15 is 0 Å². The van der Waals surface area contributed by atoms with Crippen molar-refractivity contribution in [1.82, 2.24) is 19.5 Å². The lowest BCUT2D eigenvalue weighted by atomic mass is 9.95. The molecular weight excluding hydrogens is 306 g/mol. The number of nitrogens with zero attached hydrogens (tertiary/aromatic N) is 4. The third-order valence-corrected chi connectivity index (χ3v) is 3.75. The SMILES string of the molecule is CCOC(=O)[C@H]1COC(n2cnc3c(N)ncnc32)C(O)C1O. The molecule has 4 N–H and O–H groups in total. The third-order valence-electron chi connectivity index (χ3n) is 3.75. The van der Waals surface area contributed by atoms with Crippen LogP contribution in [0.1, 0.15) is 13.2 Å². The molecule has 0 radical (unpaired) electrons. The monoisotopic (exact) mass is 323 g/mol. The van der Waals surface area contributed by atoms with E-state index in [1.54, 1.807) is 6.92 Å². The minimum atomic E-state index is -1.35. The molecule has 1 aliphatic rings. The summed E-state index contributed by atoms with van der Waals surface area (Å²) in [6.07, 6.45) is -0.977. The summed E-state index contributed by atoms with van der Waals surface area (Å²) in [7, 11) is 0. The largest absolute Gasteiger partial charge is 0.466 e. The van der Waals surface area contributed by atoms with Gasteiger partial charge in [0.25, 0.3) is 0 Å². The Morgan fingerprint density at radius 3 is 2.96 bits per heavy atom. The van der Waals surface area contributed by atoms with Gasteiger partial charge < -0.3 is 25.4 Å². The molecule has 1 fully saturated rings. The molecule has 4 atom stereocenters. The number of aliphatic hydroxyl groups is 2. The van der Waals surface area contributed by atoms with Crippen LogP contribution in [0, 0.1) is 5.92 Å². The van der Waals surface area contributed by atoms with Gasteiger partial charge in [-0.15, -0.1) is 0 Å². The number of nitrogens with two attached hydrogens (primary N) is 1. The molecule has 0 aromatic carbocycles. The summed E-state index contributed by atoms with van der Waals surface area (Å²) >= 11 is 0. The van der Waals surface area contributed by atoms with Crippen LogP contribution in [0.15, 0.2) is 12.7 Å². The number of ether oxygens (including phenoxy) is 2. The highest BCUT2D eigenvalue weighted by atomic mass is 16.5. The lowest BCUT2D eigenvalue weighted by Gasteiger charge is -2.36. The molecule has 0 spiro atoms. The summed E-state index contributed by atoms with van der Waals surface area (Å²) in [6, 6.07) is 0. The van der Waals surface area contributed by atoms with Crippen LogP contribution in [0.25, 0.3) is 11.2 Å². The normalized spacial score (nSPS) is 28.0. The van der Waals surface area contributed by atoms with E-state index in [4.69, 9.17) is 15.2 Å². The first-order valence-corrected chi connectivity index (χ1v) is 7.12. The maximum Gasteiger partial charge on any atom is 0.314 e. The van der Waals surface area contributed by atoms with Gasteiger partial charge in [-0.1, -0.05) is 0 Å². The second-order valence-electron chi connectivity index (χ2n) is 5.15. The summed E-state index contributed by atoms with van der Waals surface area (Å²) in [4.78, 5) is 23.8. The van der Waals surface area contributed by atoms with Gasteiger partial charge in [-0.2, -0.15) is 0 Å². The van der Waals surface area contributed by atoms with E-state index < -0.39 is 30.3 Å². The topological polar surface area (TPSA) is 146 Å². The summed E-state index contributed by atoms with van der Waals surface area (Å²) in [5.74, 6) is -1.36. The fourth-order valence-electron chi connectivity index (χ4n) is 2.56. The van der Waals surface area contributed by atoms with Gasteiger partial charge in [0, 0.05) is 0 Å². The first kappa shape index (κ1) is 15.6. The Morgan fingerprint density at radius 2 is 2.22 bits per heavy atom. The van der Waals surface area contributed by atoms with Crippen LogP contribution < -0.4 is 5.73 Å². The maximum absolute atomic E-state index is 11.8. The number of anilines is 1. The molecule has 0 saturated carbocycles. The molecule has 2 aromatic heterocycles. The zero-order valence-corrected chi connectivity index (χ0v) is 12.4. The summed E-state index contributed by atoms with van der Waals surface area (Å²) in [6.45, 7) is 1.75. The Morgan fingerprint density at radius 1 is 1.43 bits per heavy atom. The third kappa shape index (κ3) is 2.60. The Hall–Kier alpha value is -2.30. The molecular formula is C13H17N5O5. The van der Waals surface area contributed by atoms with Gasteiger partial charge in [-0.3, -0.25) is 9.36 Å². The summed E-state index contributed by atoms with van der Waals surface area (Å²) in [5.41, 5.74) is 6.45. The zero-order valence-electron chi connectivity index (χ0n) is 12.4. The van der Waals surface area contributed by atoms with Gasteiger partial charge in [0.2, 0.25) is 0 Å². The second-order valence-corrected chi connectivity index (χ2v) is 5.15. The number of carbonyl (C=O) groups excluding carboxylic acids is 1. The van der Waals surface area contributed by atoms with Gasteiger partial charge >= 0.3 is 5.97 Å². The molecule has 10 nitrogen and oxygen atoms in total. The molecule has 3 heterocycles. The average molecular weight is 323 g/mol. The number of hydrogen-bond acceptors (Lipinski definition) is 9. The van der Waals surface area contributed by atoms with Crippen molar-refractivity contribution in [2.24, 2.45) is 5.92 Å². The molecule has 3 rings (SSSR count). The minimum absolute atomic E-state index is 0.0953. The van der Waals surface area contributed by atoms with E-state index in [2.05, 4.69) is 15.0 Å². The van der Waals surface area contributed by atoms with Crippen LogP contribution in [-0.4, -0.2) is 61.1 Å². The molecule has 3 unspecified atom stereocenters. The first-order valence-electron chi connectivity index (χ1n) is 7.12. The quantitative estimate of drug-likeness (QED) is 0.595. The highest BCUT2D eigenvalue weighted by molar-refractivity contribution is 5.81. The Bertz CT molecular complexity index is 720. The van der Waals surface area contributed by atoms with Crippen molar-refractivity contribution in [3.8, 4) is 0 Å². The number of aliphatic hydroxyl groups excluding tert-OH is 2. The number of fused-ring (bicyclic) bond motifs is 1. The van der Waals surface area contributed by atoms with E-state index in [0.717, 1.165) is 0 Å². The van der Waals surface area contributed by atoms with E-state index in [9.17, 15) is 15.0 Å². The van der Waals surface area contributed by atoms with E-state index in [1.807, 2.05) is 0 Å². The number of hydrogen-bond donors (Lipinski definition) is 3. The summed E-state index contributed by atoms with van der Waals surface area (Å²) < 4.78 is 11.9. The van der Waals surface area contributed by atoms with E-state index in [-0.39, 0.29) is 19.0 Å². The van der Waals surface area contributed by atoms with Crippen LogP contribution in [0.5, 0.6) is 0 Å². The smallest absolute Gasteiger partial charge is 0.314 e. The number of carbonyl (C=O) groups is 1. The predicted octanol–water partition coefficient (Wildman–Crippen LogP) is -1.16. The molecule has 1 saturated heterocycles. The summed E-state index contributed by atoms with van der Waals surface area (Å²) in [5, 5.41) is 20.5. The number of esters is 1. The number of rotatable bonds is 3. The van der Waals surface area contributed by atoms with Gasteiger partial charge in [-0.25, -0.2) is 15.0 Å². The first-order chi connectivity index (χ1) is 11.0. The zero-order chi connectivity index (χ0) is 16.6. The van der Waals surface area contributed by atoms with Crippen LogP contribution in [0.4, 0.5) is 5.82 Å². The van der Waals surface area contributed by atoms with Crippen molar-refractivity contribution in [2.45, 2.75) is 25.4 Å². The Balaban J connectivity index is 1.87. The molecule has 0 amide bonds. The number of imidazole rings is 1. The van der Waals surface area contributed by atoms with E-state index in [1.165, 1.54) is 17.2 Å². The average Bonchev–Trinajstić information content (AvgIpc) is 2.95. The van der Waals surface area contributed by atoms with Gasteiger partial charge in [-0.05, 0) is 6.92 Å². The van der Waals surface area contributed by atoms with Crippen LogP contribution >= 0.6 is 0 Å². The van der Waals surface area contributed by atoms with Crippen molar-refractivity contribution >= 4 is 23.0 Å². The molecule has 23 heavy (non-hydrogen) atoms. The van der Waals surface area contributed by atoms with Crippen LogP contribution in [0.3, 0.4) is 0 Å². The molecule has 124 valence electrons. The fraction of sp³-hybridized carbons (Fsp3) is 0.538. The van der Waals surface area contributed by atoms with Gasteiger partial charge in [0.1, 0.15) is 23.9 Å². The van der Waals surface area contributed by atoms with Crippen LogP contribution in [-0.2, 0) is 14.3 Å².